The Balaban J connectivity index is 1.65. The summed E-state index contributed by atoms with van der Waals surface area (Å²) in [6.45, 7) is 5.11. The summed E-state index contributed by atoms with van der Waals surface area (Å²) < 4.78 is 5.69. The first-order valence-corrected chi connectivity index (χ1v) is 7.86. The molecule has 104 valence electrons. The van der Waals surface area contributed by atoms with Crippen LogP contribution < -0.4 is 0 Å². The Labute approximate surface area is 111 Å². The van der Waals surface area contributed by atoms with Gasteiger partial charge in [0.05, 0.1) is 6.10 Å². The first-order valence-electron chi connectivity index (χ1n) is 7.86. The van der Waals surface area contributed by atoms with E-state index < -0.39 is 0 Å². The average molecular weight is 252 g/mol. The number of carbonyl (C=O) groups excluding carboxylic acids is 1. The van der Waals surface area contributed by atoms with Gasteiger partial charge in [-0.1, -0.05) is 26.2 Å². The third kappa shape index (κ3) is 2.79. The smallest absolute Gasteiger partial charge is 0.137 e. The van der Waals surface area contributed by atoms with Crippen LogP contribution in [0.4, 0.5) is 0 Å². The maximum Gasteiger partial charge on any atom is 0.137 e. The first-order chi connectivity index (χ1) is 8.72. The van der Waals surface area contributed by atoms with Crippen molar-refractivity contribution in [2.24, 2.45) is 11.3 Å². The number of unbranched alkanes of at least 4 members (excludes halogenated alkanes) is 1. The average Bonchev–Trinajstić information content (AvgIpc) is 2.70. The van der Waals surface area contributed by atoms with Gasteiger partial charge in [-0.3, -0.25) is 4.79 Å². The number of hydrogen-bond donors (Lipinski definition) is 0. The topological polar surface area (TPSA) is 26.3 Å². The molecular formula is C16H28O2. The summed E-state index contributed by atoms with van der Waals surface area (Å²) in [7, 11) is 0. The van der Waals surface area contributed by atoms with E-state index in [1.165, 1.54) is 44.9 Å². The van der Waals surface area contributed by atoms with Crippen LogP contribution in [0.2, 0.25) is 0 Å². The Hall–Kier alpha value is -0.370. The van der Waals surface area contributed by atoms with Crippen molar-refractivity contribution in [2.75, 3.05) is 6.61 Å². The lowest BCUT2D eigenvalue weighted by atomic mass is 9.59. The van der Waals surface area contributed by atoms with Crippen molar-refractivity contribution in [3.63, 3.8) is 0 Å². The minimum absolute atomic E-state index is 0.449. The summed E-state index contributed by atoms with van der Waals surface area (Å²) in [6, 6.07) is 0. The van der Waals surface area contributed by atoms with Crippen LogP contribution in [-0.4, -0.2) is 18.5 Å². The van der Waals surface area contributed by atoms with Crippen LogP contribution in [0.3, 0.4) is 0 Å². The molecule has 2 fully saturated rings. The Morgan fingerprint density at radius 3 is 2.89 bits per heavy atom. The number of hydrogen-bond acceptors (Lipinski definition) is 2. The van der Waals surface area contributed by atoms with E-state index in [4.69, 9.17) is 4.74 Å². The zero-order chi connectivity index (χ0) is 13.0. The zero-order valence-electron chi connectivity index (χ0n) is 12.0. The molecule has 2 aliphatic rings. The number of ether oxygens (including phenoxy) is 1. The Morgan fingerprint density at radius 2 is 2.22 bits per heavy atom. The largest absolute Gasteiger partial charge is 0.379 e. The zero-order valence-corrected chi connectivity index (χ0v) is 12.0. The van der Waals surface area contributed by atoms with Gasteiger partial charge in [-0.15, -0.1) is 0 Å². The van der Waals surface area contributed by atoms with Crippen LogP contribution in [-0.2, 0) is 9.53 Å². The normalized spacial score (nSPS) is 32.1. The third-order valence-electron chi connectivity index (χ3n) is 5.13. The Bertz CT molecular complexity index is 287. The number of rotatable bonds is 8. The summed E-state index contributed by atoms with van der Waals surface area (Å²) in [4.78, 5) is 11.6. The molecule has 0 aliphatic heterocycles. The van der Waals surface area contributed by atoms with Gasteiger partial charge in [0.15, 0.2) is 0 Å². The molecule has 0 aromatic carbocycles. The second-order valence-electron chi connectivity index (χ2n) is 6.18. The lowest BCUT2D eigenvalue weighted by Gasteiger charge is -2.44. The molecule has 2 aliphatic carbocycles. The lowest BCUT2D eigenvalue weighted by molar-refractivity contribution is -0.141. The highest BCUT2D eigenvalue weighted by molar-refractivity contribution is 5.89. The molecular weight excluding hydrogens is 224 g/mol. The molecule has 0 aromatic heterocycles. The molecule has 0 aromatic rings. The molecule has 0 amide bonds. The number of carbonyl (C=O) groups is 1. The molecule has 0 radical (unpaired) electrons. The van der Waals surface area contributed by atoms with E-state index in [0.29, 0.717) is 23.2 Å². The summed E-state index contributed by atoms with van der Waals surface area (Å²) >= 11 is 0. The minimum Gasteiger partial charge on any atom is -0.379 e. The van der Waals surface area contributed by atoms with Crippen LogP contribution in [0, 0.1) is 11.3 Å². The second-order valence-corrected chi connectivity index (χ2v) is 6.18. The van der Waals surface area contributed by atoms with E-state index in [9.17, 15) is 4.79 Å². The summed E-state index contributed by atoms with van der Waals surface area (Å²) in [5.74, 6) is 1.000. The van der Waals surface area contributed by atoms with Gasteiger partial charge in [0.2, 0.25) is 0 Å². The SMILES string of the molecule is CCOC(CC)CCCCC12CCCC1C(=O)C2. The molecule has 3 unspecified atom stereocenters. The highest BCUT2D eigenvalue weighted by Gasteiger charge is 2.54. The monoisotopic (exact) mass is 252 g/mol. The van der Waals surface area contributed by atoms with Gasteiger partial charge in [-0.2, -0.15) is 0 Å². The molecule has 0 heterocycles. The van der Waals surface area contributed by atoms with E-state index in [-0.39, 0.29) is 0 Å². The van der Waals surface area contributed by atoms with Crippen molar-refractivity contribution in [3.05, 3.63) is 0 Å². The van der Waals surface area contributed by atoms with Crippen molar-refractivity contribution in [2.45, 2.75) is 77.7 Å². The maximum atomic E-state index is 11.6. The predicted molar refractivity (Wildman–Crippen MR) is 73.6 cm³/mol. The maximum absolute atomic E-state index is 11.6. The number of ketones is 1. The van der Waals surface area contributed by atoms with Gasteiger partial charge in [0.25, 0.3) is 0 Å². The third-order valence-corrected chi connectivity index (χ3v) is 5.13. The van der Waals surface area contributed by atoms with Crippen molar-refractivity contribution in [3.8, 4) is 0 Å². The highest BCUT2D eigenvalue weighted by Crippen LogP contribution is 2.58. The van der Waals surface area contributed by atoms with Crippen LogP contribution in [0.1, 0.15) is 71.6 Å². The summed E-state index contributed by atoms with van der Waals surface area (Å²) in [6.07, 6.45) is 11.3. The van der Waals surface area contributed by atoms with E-state index in [1.54, 1.807) is 0 Å². The highest BCUT2D eigenvalue weighted by atomic mass is 16.5. The lowest BCUT2D eigenvalue weighted by Crippen LogP contribution is -2.44. The Kier molecular flexibility index (Phi) is 4.83. The number of Topliss-reactive ketones (excluding diaryl/α,β-unsaturated/α-hetero) is 1. The fourth-order valence-corrected chi connectivity index (χ4v) is 4.07. The molecule has 3 atom stereocenters. The minimum atomic E-state index is 0.449. The molecule has 0 N–H and O–H groups in total. The van der Waals surface area contributed by atoms with E-state index in [0.717, 1.165) is 19.4 Å². The van der Waals surface area contributed by atoms with Crippen LogP contribution in [0.5, 0.6) is 0 Å². The molecule has 2 saturated carbocycles. The summed E-state index contributed by atoms with van der Waals surface area (Å²) in [5, 5.41) is 0. The molecule has 18 heavy (non-hydrogen) atoms. The fraction of sp³-hybridized carbons (Fsp3) is 0.938. The summed E-state index contributed by atoms with van der Waals surface area (Å²) in [5.41, 5.74) is 0.449. The van der Waals surface area contributed by atoms with Gasteiger partial charge >= 0.3 is 0 Å². The van der Waals surface area contributed by atoms with Crippen molar-refractivity contribution in [1.29, 1.82) is 0 Å². The molecule has 2 rings (SSSR count). The predicted octanol–water partition coefficient (Wildman–Crippen LogP) is 4.12. The van der Waals surface area contributed by atoms with Crippen molar-refractivity contribution < 1.29 is 9.53 Å². The molecule has 0 saturated heterocycles. The van der Waals surface area contributed by atoms with Crippen molar-refractivity contribution >= 4 is 5.78 Å². The van der Waals surface area contributed by atoms with Gasteiger partial charge in [0.1, 0.15) is 5.78 Å². The Morgan fingerprint density at radius 1 is 1.39 bits per heavy atom. The van der Waals surface area contributed by atoms with Crippen LogP contribution >= 0.6 is 0 Å². The van der Waals surface area contributed by atoms with Crippen LogP contribution in [0.15, 0.2) is 0 Å². The van der Waals surface area contributed by atoms with Crippen molar-refractivity contribution in [1.82, 2.24) is 0 Å². The standard InChI is InChI=1S/C16H28O2/c1-3-13(18-4-2)8-5-6-10-16-11-7-9-14(16)15(17)12-16/h13-14H,3-12H2,1-2H3. The first kappa shape index (κ1) is 14.0. The van der Waals surface area contributed by atoms with Gasteiger partial charge < -0.3 is 4.74 Å². The number of fused-ring (bicyclic) bond motifs is 1. The van der Waals surface area contributed by atoms with Gasteiger partial charge in [-0.05, 0) is 44.4 Å². The molecule has 2 heteroatoms. The molecule has 0 bridgehead atoms. The van der Waals surface area contributed by atoms with Gasteiger partial charge in [0, 0.05) is 18.9 Å². The van der Waals surface area contributed by atoms with E-state index >= 15 is 0 Å². The molecule has 2 nitrogen and oxygen atoms in total. The molecule has 0 spiro atoms. The fourth-order valence-electron chi connectivity index (χ4n) is 4.07. The van der Waals surface area contributed by atoms with E-state index in [1.807, 2.05) is 0 Å². The van der Waals surface area contributed by atoms with E-state index in [2.05, 4.69) is 13.8 Å². The van der Waals surface area contributed by atoms with Crippen LogP contribution in [0.25, 0.3) is 0 Å². The van der Waals surface area contributed by atoms with Gasteiger partial charge in [-0.25, -0.2) is 0 Å². The second kappa shape index (κ2) is 6.18. The quantitative estimate of drug-likeness (QED) is 0.607.